The maximum absolute atomic E-state index is 12.4. The second-order valence-electron chi connectivity index (χ2n) is 6.98. The molecular formula is C19H22N4O5. The van der Waals surface area contributed by atoms with Crippen molar-refractivity contribution in [1.29, 1.82) is 0 Å². The Kier molecular flexibility index (Phi) is 5.23. The Morgan fingerprint density at radius 1 is 1.14 bits per heavy atom. The quantitative estimate of drug-likeness (QED) is 0.572. The van der Waals surface area contributed by atoms with Gasteiger partial charge in [0.2, 0.25) is 0 Å². The van der Waals surface area contributed by atoms with Gasteiger partial charge in [-0.1, -0.05) is 30.3 Å². The van der Waals surface area contributed by atoms with E-state index in [0.29, 0.717) is 12.2 Å². The monoisotopic (exact) mass is 386 g/mol. The molecule has 4 N–H and O–H groups in total. The summed E-state index contributed by atoms with van der Waals surface area (Å²) in [6.07, 6.45) is -3.05. The van der Waals surface area contributed by atoms with Gasteiger partial charge in [0.1, 0.15) is 18.3 Å². The fraction of sp³-hybridized carbons (Fsp3) is 0.421. The fourth-order valence-corrected chi connectivity index (χ4v) is 3.51. The van der Waals surface area contributed by atoms with Crippen molar-refractivity contribution >= 4 is 11.8 Å². The second kappa shape index (κ2) is 7.80. The zero-order chi connectivity index (χ0) is 19.7. The Hall–Kier alpha value is -2.59. The number of anilines is 1. The van der Waals surface area contributed by atoms with E-state index in [9.17, 15) is 20.1 Å². The highest BCUT2D eigenvalue weighted by molar-refractivity contribution is 5.91. The lowest BCUT2D eigenvalue weighted by Gasteiger charge is -2.34. The zero-order valence-electron chi connectivity index (χ0n) is 15.1. The summed E-state index contributed by atoms with van der Waals surface area (Å²) >= 11 is 0. The zero-order valence-corrected chi connectivity index (χ0v) is 15.1. The van der Waals surface area contributed by atoms with Crippen LogP contribution >= 0.6 is 0 Å². The van der Waals surface area contributed by atoms with Crippen molar-refractivity contribution in [3.63, 3.8) is 0 Å². The van der Waals surface area contributed by atoms with Crippen molar-refractivity contribution in [1.82, 2.24) is 15.1 Å². The van der Waals surface area contributed by atoms with Gasteiger partial charge in [0.05, 0.1) is 18.8 Å². The Bertz CT molecular complexity index is 849. The number of carbonyl (C=O) groups is 1. The Morgan fingerprint density at radius 3 is 2.64 bits per heavy atom. The van der Waals surface area contributed by atoms with Gasteiger partial charge in [-0.2, -0.15) is 5.10 Å². The number of carbonyl (C=O) groups excluding carboxylic acids is 1. The molecule has 0 bridgehead atoms. The number of aliphatic hydroxyl groups is 3. The van der Waals surface area contributed by atoms with Crippen LogP contribution in [0.25, 0.3) is 0 Å². The van der Waals surface area contributed by atoms with Crippen LogP contribution in [0.3, 0.4) is 0 Å². The molecule has 9 heteroatoms. The van der Waals surface area contributed by atoms with Gasteiger partial charge in [-0.15, -0.1) is 5.10 Å². The van der Waals surface area contributed by atoms with Crippen molar-refractivity contribution in [2.75, 3.05) is 11.9 Å². The third-order valence-corrected chi connectivity index (χ3v) is 5.09. The van der Waals surface area contributed by atoms with Crippen LogP contribution in [0.5, 0.6) is 0 Å². The predicted octanol–water partition coefficient (Wildman–Crippen LogP) is 0.0483. The molecule has 0 spiro atoms. The first-order valence-corrected chi connectivity index (χ1v) is 9.16. The van der Waals surface area contributed by atoms with E-state index >= 15 is 0 Å². The van der Waals surface area contributed by atoms with E-state index in [-0.39, 0.29) is 6.54 Å². The van der Waals surface area contributed by atoms with Crippen LogP contribution in [0.4, 0.5) is 10.6 Å². The molecule has 0 aliphatic carbocycles. The van der Waals surface area contributed by atoms with Crippen molar-refractivity contribution in [2.45, 2.75) is 43.9 Å². The Balaban J connectivity index is 1.49. The minimum atomic E-state index is -1.31. The second-order valence-corrected chi connectivity index (χ2v) is 6.98. The number of benzene rings is 1. The Labute approximate surface area is 161 Å². The standard InChI is InChI=1S/C19H22N4O5/c24-10-14-15(25)16(26)18(28-14)23-9-12-8-13(21-22-17(12)20-19(23)27)7-6-11-4-2-1-3-5-11/h1-5,8,14-16,18,24-26H,6-7,9-10H2,(H,20,22,27)/t14-,15-,16+,18-/m1/s1. The number of aromatic nitrogens is 2. The van der Waals surface area contributed by atoms with E-state index in [2.05, 4.69) is 27.6 Å². The summed E-state index contributed by atoms with van der Waals surface area (Å²) in [7, 11) is 0. The normalized spacial score (nSPS) is 26.8. The SMILES string of the molecule is O=C1Nc2nnc(CCc3ccccc3)cc2CN1[C@@H]1O[C@H](CO)[C@@H](O)[C@@H]1O. The highest BCUT2D eigenvalue weighted by Gasteiger charge is 2.47. The topological polar surface area (TPSA) is 128 Å². The van der Waals surface area contributed by atoms with Gasteiger partial charge in [-0.3, -0.25) is 10.2 Å². The summed E-state index contributed by atoms with van der Waals surface area (Å²) in [6.45, 7) is -0.294. The molecule has 1 saturated heterocycles. The lowest BCUT2D eigenvalue weighted by molar-refractivity contribution is -0.0809. The van der Waals surface area contributed by atoms with Crippen LogP contribution in [0.15, 0.2) is 36.4 Å². The molecule has 3 heterocycles. The molecule has 2 aromatic rings. The number of hydrogen-bond acceptors (Lipinski definition) is 7. The van der Waals surface area contributed by atoms with Crippen molar-refractivity contribution in [3.8, 4) is 0 Å². The maximum atomic E-state index is 12.4. The molecule has 1 aromatic heterocycles. The number of fused-ring (bicyclic) bond motifs is 1. The molecule has 4 rings (SSSR count). The van der Waals surface area contributed by atoms with Gasteiger partial charge >= 0.3 is 6.03 Å². The molecule has 2 aliphatic rings. The van der Waals surface area contributed by atoms with E-state index in [0.717, 1.165) is 17.7 Å². The molecule has 4 atom stereocenters. The fourth-order valence-electron chi connectivity index (χ4n) is 3.51. The average molecular weight is 386 g/mol. The number of aliphatic hydroxyl groups excluding tert-OH is 3. The number of nitrogens with zero attached hydrogens (tertiary/aromatic N) is 3. The molecule has 28 heavy (non-hydrogen) atoms. The van der Waals surface area contributed by atoms with Crippen LogP contribution < -0.4 is 5.32 Å². The number of rotatable bonds is 5. The summed E-state index contributed by atoms with van der Waals surface area (Å²) in [4.78, 5) is 13.7. The van der Waals surface area contributed by atoms with Gasteiger partial charge in [0.25, 0.3) is 0 Å². The third kappa shape index (κ3) is 3.57. The molecule has 1 aromatic carbocycles. The van der Waals surface area contributed by atoms with Crippen molar-refractivity contribution in [2.24, 2.45) is 0 Å². The highest BCUT2D eigenvalue weighted by atomic mass is 16.6. The largest absolute Gasteiger partial charge is 0.394 e. The molecule has 0 unspecified atom stereocenters. The van der Waals surface area contributed by atoms with Gasteiger partial charge in [-0.25, -0.2) is 4.79 Å². The van der Waals surface area contributed by atoms with Gasteiger partial charge in [0.15, 0.2) is 12.0 Å². The molecule has 148 valence electrons. The molecule has 2 aliphatic heterocycles. The number of nitrogens with one attached hydrogen (secondary N) is 1. The summed E-state index contributed by atoms with van der Waals surface area (Å²) < 4.78 is 5.47. The lowest BCUT2D eigenvalue weighted by atomic mass is 10.1. The number of amides is 2. The van der Waals surface area contributed by atoms with E-state index in [1.165, 1.54) is 10.5 Å². The summed E-state index contributed by atoms with van der Waals surface area (Å²) in [6, 6.07) is 11.4. The van der Waals surface area contributed by atoms with E-state index in [4.69, 9.17) is 4.74 Å². The van der Waals surface area contributed by atoms with Crippen LogP contribution in [0.2, 0.25) is 0 Å². The van der Waals surface area contributed by atoms with E-state index < -0.39 is 37.2 Å². The number of urea groups is 1. The van der Waals surface area contributed by atoms with Crippen LogP contribution in [0.1, 0.15) is 16.8 Å². The number of hydrogen-bond donors (Lipinski definition) is 4. The van der Waals surface area contributed by atoms with Gasteiger partial charge < -0.3 is 20.1 Å². The van der Waals surface area contributed by atoms with Crippen LogP contribution in [-0.4, -0.2) is 67.6 Å². The first-order chi connectivity index (χ1) is 13.6. The first kappa shape index (κ1) is 18.8. The first-order valence-electron chi connectivity index (χ1n) is 9.16. The summed E-state index contributed by atoms with van der Waals surface area (Å²) in [5.74, 6) is 0.372. The van der Waals surface area contributed by atoms with E-state index in [1.807, 2.05) is 24.3 Å². The number of aryl methyl sites for hydroxylation is 2. The van der Waals surface area contributed by atoms with Gasteiger partial charge in [-0.05, 0) is 24.5 Å². The van der Waals surface area contributed by atoms with Crippen molar-refractivity contribution < 1.29 is 24.9 Å². The molecule has 9 nitrogen and oxygen atoms in total. The van der Waals surface area contributed by atoms with E-state index in [1.54, 1.807) is 0 Å². The van der Waals surface area contributed by atoms with Crippen LogP contribution in [-0.2, 0) is 24.1 Å². The van der Waals surface area contributed by atoms with Crippen molar-refractivity contribution in [3.05, 3.63) is 53.2 Å². The minimum Gasteiger partial charge on any atom is -0.394 e. The molecule has 1 fully saturated rings. The average Bonchev–Trinajstić information content (AvgIpc) is 3.01. The summed E-state index contributed by atoms with van der Waals surface area (Å²) in [5, 5.41) is 40.3. The number of ether oxygens (including phenoxy) is 1. The Morgan fingerprint density at radius 2 is 1.93 bits per heavy atom. The maximum Gasteiger partial charge on any atom is 0.325 e. The predicted molar refractivity (Wildman–Crippen MR) is 98.2 cm³/mol. The molecule has 0 radical (unpaired) electrons. The van der Waals surface area contributed by atoms with Crippen LogP contribution in [0, 0.1) is 0 Å². The lowest BCUT2D eigenvalue weighted by Crippen LogP contribution is -2.50. The molecule has 0 saturated carbocycles. The highest BCUT2D eigenvalue weighted by Crippen LogP contribution is 2.29. The minimum absolute atomic E-state index is 0.154. The third-order valence-electron chi connectivity index (χ3n) is 5.09. The van der Waals surface area contributed by atoms with Gasteiger partial charge in [0, 0.05) is 5.56 Å². The summed E-state index contributed by atoms with van der Waals surface area (Å²) in [5.41, 5.74) is 2.73. The smallest absolute Gasteiger partial charge is 0.325 e. The molecular weight excluding hydrogens is 364 g/mol. The molecule has 2 amide bonds.